The van der Waals surface area contributed by atoms with Crippen LogP contribution in [0.25, 0.3) is 0 Å². The molecule has 2 unspecified atom stereocenters. The summed E-state index contributed by atoms with van der Waals surface area (Å²) in [4.78, 5) is 11.2. The Balaban J connectivity index is 2.63. The lowest BCUT2D eigenvalue weighted by Gasteiger charge is -2.38. The van der Waals surface area contributed by atoms with E-state index in [1.54, 1.807) is 0 Å². The van der Waals surface area contributed by atoms with Gasteiger partial charge in [-0.05, 0) is 43.9 Å². The predicted molar refractivity (Wildman–Crippen MR) is 64.9 cm³/mol. The highest BCUT2D eigenvalue weighted by molar-refractivity contribution is 5.70. The molecular formula is C14H22O2. The van der Waals surface area contributed by atoms with Gasteiger partial charge in [0.25, 0.3) is 0 Å². The zero-order valence-corrected chi connectivity index (χ0v) is 10.5. The summed E-state index contributed by atoms with van der Waals surface area (Å²) < 4.78 is 0. The predicted octanol–water partition coefficient (Wildman–Crippen LogP) is 3.32. The Morgan fingerprint density at radius 3 is 2.75 bits per heavy atom. The van der Waals surface area contributed by atoms with Crippen molar-refractivity contribution in [3.63, 3.8) is 0 Å². The van der Waals surface area contributed by atoms with Gasteiger partial charge in [-0.25, -0.2) is 0 Å². The van der Waals surface area contributed by atoms with Crippen molar-refractivity contribution in [1.29, 1.82) is 0 Å². The number of carbonyl (C=O) groups is 1. The van der Waals surface area contributed by atoms with Gasteiger partial charge in [0.2, 0.25) is 0 Å². The molecule has 0 amide bonds. The summed E-state index contributed by atoms with van der Waals surface area (Å²) in [6.45, 7) is 6.31. The van der Waals surface area contributed by atoms with Gasteiger partial charge in [-0.2, -0.15) is 0 Å². The molecule has 2 nitrogen and oxygen atoms in total. The number of hydrogen-bond donors (Lipinski definition) is 1. The van der Waals surface area contributed by atoms with Gasteiger partial charge in [0.1, 0.15) is 0 Å². The molecule has 16 heavy (non-hydrogen) atoms. The van der Waals surface area contributed by atoms with Crippen LogP contribution in [0.15, 0.2) is 0 Å². The highest BCUT2D eigenvalue weighted by Gasteiger charge is 2.37. The molecule has 1 fully saturated rings. The highest BCUT2D eigenvalue weighted by atomic mass is 16.4. The number of carboxylic acid groups (broad SMARTS) is 1. The maximum absolute atomic E-state index is 11.2. The van der Waals surface area contributed by atoms with E-state index in [9.17, 15) is 9.90 Å². The number of carboxylic acids is 1. The molecule has 0 aromatic heterocycles. The fraction of sp³-hybridized carbons (Fsp3) is 0.786. The standard InChI is InChI=1S/C14H22O2/c1-4-5-6-7-11-10-14(2,3)9-8-12(11)13(15)16/h11-12H,6-10H2,1-3H3,(H,15,16). The van der Waals surface area contributed by atoms with E-state index < -0.39 is 5.97 Å². The molecule has 1 aliphatic carbocycles. The van der Waals surface area contributed by atoms with E-state index in [2.05, 4.69) is 25.7 Å². The van der Waals surface area contributed by atoms with E-state index in [-0.39, 0.29) is 5.92 Å². The van der Waals surface area contributed by atoms with E-state index in [0.29, 0.717) is 11.3 Å². The summed E-state index contributed by atoms with van der Waals surface area (Å²) in [5.74, 6) is 5.45. The summed E-state index contributed by atoms with van der Waals surface area (Å²) in [6.07, 6.45) is 4.64. The topological polar surface area (TPSA) is 37.3 Å². The summed E-state index contributed by atoms with van der Waals surface area (Å²) in [7, 11) is 0. The fourth-order valence-electron chi connectivity index (χ4n) is 2.75. The van der Waals surface area contributed by atoms with Crippen LogP contribution in [0.2, 0.25) is 0 Å². The SMILES string of the molecule is CC#CCCC1CC(C)(C)CCC1C(=O)O. The van der Waals surface area contributed by atoms with Gasteiger partial charge in [-0.3, -0.25) is 4.79 Å². The van der Waals surface area contributed by atoms with Crippen molar-refractivity contribution >= 4 is 5.97 Å². The van der Waals surface area contributed by atoms with Crippen LogP contribution in [0.5, 0.6) is 0 Å². The number of hydrogen-bond acceptors (Lipinski definition) is 1. The third-order valence-corrected chi connectivity index (χ3v) is 3.65. The van der Waals surface area contributed by atoms with Crippen LogP contribution in [-0.2, 0) is 4.79 Å². The molecule has 0 aromatic rings. The van der Waals surface area contributed by atoms with Crippen molar-refractivity contribution in [2.45, 2.75) is 52.9 Å². The van der Waals surface area contributed by atoms with Crippen molar-refractivity contribution in [3.05, 3.63) is 0 Å². The molecule has 0 aliphatic heterocycles. The van der Waals surface area contributed by atoms with Crippen molar-refractivity contribution in [2.24, 2.45) is 17.3 Å². The Bertz CT molecular complexity index is 306. The van der Waals surface area contributed by atoms with Crippen molar-refractivity contribution in [2.75, 3.05) is 0 Å². The van der Waals surface area contributed by atoms with Crippen LogP contribution in [0.3, 0.4) is 0 Å². The molecule has 1 rings (SSSR count). The number of rotatable bonds is 3. The zero-order valence-electron chi connectivity index (χ0n) is 10.5. The Morgan fingerprint density at radius 1 is 1.50 bits per heavy atom. The first kappa shape index (κ1) is 13.1. The third kappa shape index (κ3) is 3.56. The summed E-state index contributed by atoms with van der Waals surface area (Å²) in [5.41, 5.74) is 0.302. The average molecular weight is 222 g/mol. The maximum atomic E-state index is 11.2. The van der Waals surface area contributed by atoms with Crippen molar-refractivity contribution in [1.82, 2.24) is 0 Å². The average Bonchev–Trinajstić information content (AvgIpc) is 2.16. The Kier molecular flexibility index (Phi) is 4.41. The highest BCUT2D eigenvalue weighted by Crippen LogP contribution is 2.43. The van der Waals surface area contributed by atoms with Gasteiger partial charge in [-0.15, -0.1) is 11.8 Å². The molecular weight excluding hydrogens is 200 g/mol. The smallest absolute Gasteiger partial charge is 0.306 e. The van der Waals surface area contributed by atoms with Crippen LogP contribution in [-0.4, -0.2) is 11.1 Å². The minimum absolute atomic E-state index is 0.147. The second kappa shape index (κ2) is 5.39. The normalized spacial score (nSPS) is 27.9. The van der Waals surface area contributed by atoms with E-state index in [4.69, 9.17) is 0 Å². The Hall–Kier alpha value is -0.970. The first-order chi connectivity index (χ1) is 7.46. The summed E-state index contributed by atoms with van der Waals surface area (Å²) >= 11 is 0. The third-order valence-electron chi connectivity index (χ3n) is 3.65. The lowest BCUT2D eigenvalue weighted by molar-refractivity contribution is -0.146. The first-order valence-electron chi connectivity index (χ1n) is 6.09. The molecule has 0 heterocycles. The van der Waals surface area contributed by atoms with Crippen LogP contribution >= 0.6 is 0 Å². The molecule has 0 radical (unpaired) electrons. The Morgan fingerprint density at radius 2 is 2.19 bits per heavy atom. The Labute approximate surface area is 98.4 Å². The van der Waals surface area contributed by atoms with E-state index in [0.717, 1.165) is 32.1 Å². The van der Waals surface area contributed by atoms with Gasteiger partial charge in [0, 0.05) is 6.42 Å². The molecule has 1 aliphatic rings. The van der Waals surface area contributed by atoms with E-state index >= 15 is 0 Å². The van der Waals surface area contributed by atoms with Crippen LogP contribution < -0.4 is 0 Å². The summed E-state index contributed by atoms with van der Waals surface area (Å²) in [6, 6.07) is 0. The molecule has 0 saturated heterocycles. The zero-order chi connectivity index (χ0) is 12.2. The van der Waals surface area contributed by atoms with E-state index in [1.807, 2.05) is 6.92 Å². The van der Waals surface area contributed by atoms with Crippen molar-refractivity contribution < 1.29 is 9.90 Å². The van der Waals surface area contributed by atoms with Gasteiger partial charge < -0.3 is 5.11 Å². The largest absolute Gasteiger partial charge is 0.481 e. The second-order valence-electron chi connectivity index (χ2n) is 5.58. The number of aliphatic carboxylic acids is 1. The minimum atomic E-state index is -0.620. The molecule has 2 atom stereocenters. The van der Waals surface area contributed by atoms with Gasteiger partial charge in [-0.1, -0.05) is 13.8 Å². The molecule has 0 aromatic carbocycles. The monoisotopic (exact) mass is 222 g/mol. The quantitative estimate of drug-likeness (QED) is 0.744. The molecule has 1 N–H and O–H groups in total. The minimum Gasteiger partial charge on any atom is -0.481 e. The summed E-state index contributed by atoms with van der Waals surface area (Å²) in [5, 5.41) is 9.20. The molecule has 90 valence electrons. The fourth-order valence-corrected chi connectivity index (χ4v) is 2.75. The maximum Gasteiger partial charge on any atom is 0.306 e. The molecule has 2 heteroatoms. The lowest BCUT2D eigenvalue weighted by atomic mass is 9.66. The van der Waals surface area contributed by atoms with Crippen LogP contribution in [0.4, 0.5) is 0 Å². The second-order valence-corrected chi connectivity index (χ2v) is 5.58. The first-order valence-corrected chi connectivity index (χ1v) is 6.09. The lowest BCUT2D eigenvalue weighted by Crippen LogP contribution is -2.34. The van der Waals surface area contributed by atoms with Gasteiger partial charge in [0.15, 0.2) is 0 Å². The molecule has 1 saturated carbocycles. The van der Waals surface area contributed by atoms with Crippen molar-refractivity contribution in [3.8, 4) is 11.8 Å². The van der Waals surface area contributed by atoms with Gasteiger partial charge >= 0.3 is 5.97 Å². The molecule has 0 spiro atoms. The molecule has 0 bridgehead atoms. The van der Waals surface area contributed by atoms with Crippen LogP contribution in [0, 0.1) is 29.1 Å². The van der Waals surface area contributed by atoms with Crippen LogP contribution in [0.1, 0.15) is 52.9 Å². The van der Waals surface area contributed by atoms with E-state index in [1.165, 1.54) is 0 Å². The van der Waals surface area contributed by atoms with Gasteiger partial charge in [0.05, 0.1) is 5.92 Å².